The van der Waals surface area contributed by atoms with Crippen LogP contribution in [-0.2, 0) is 0 Å². The van der Waals surface area contributed by atoms with Gasteiger partial charge in [-0.05, 0) is 105 Å². The van der Waals surface area contributed by atoms with Gasteiger partial charge < -0.3 is 25.1 Å². The number of urea groups is 1. The molecule has 5 aliphatic rings. The predicted molar refractivity (Wildman–Crippen MR) is 142 cm³/mol. The van der Waals surface area contributed by atoms with Crippen LogP contribution >= 0.6 is 0 Å². The lowest BCUT2D eigenvalue weighted by molar-refractivity contribution is -0.203. The van der Waals surface area contributed by atoms with Gasteiger partial charge in [-0.15, -0.1) is 0 Å². The zero-order valence-electron chi connectivity index (χ0n) is 22.8. The van der Waals surface area contributed by atoms with Crippen LogP contribution in [0.25, 0.3) is 0 Å². The number of nitrogens with zero attached hydrogens (tertiary/aromatic N) is 2. The summed E-state index contributed by atoms with van der Waals surface area (Å²) < 4.78 is 5.23. The van der Waals surface area contributed by atoms with Crippen LogP contribution in [0.15, 0.2) is 27.6 Å². The lowest BCUT2D eigenvalue weighted by Crippen LogP contribution is -2.62. The molecule has 0 radical (unpaired) electrons. The molecule has 9 atom stereocenters. The first-order valence-corrected chi connectivity index (χ1v) is 14.7. The number of rotatable bonds is 2. The quantitative estimate of drug-likeness (QED) is 0.616. The minimum atomic E-state index is -0.678. The molecule has 0 bridgehead atoms. The highest BCUT2D eigenvalue weighted by Gasteiger charge is 2.67. The average molecular weight is 512 g/mol. The summed E-state index contributed by atoms with van der Waals surface area (Å²) in [6, 6.07) is 3.98. The summed E-state index contributed by atoms with van der Waals surface area (Å²) in [7, 11) is 1.99. The molecule has 2 amide bonds. The number of amides is 2. The van der Waals surface area contributed by atoms with Crippen molar-refractivity contribution in [2.24, 2.45) is 34.3 Å². The van der Waals surface area contributed by atoms with Gasteiger partial charge in [0.25, 0.3) is 0 Å². The first kappa shape index (κ1) is 25.4. The molecule has 4 aliphatic carbocycles. The van der Waals surface area contributed by atoms with Gasteiger partial charge in [-0.2, -0.15) is 0 Å². The zero-order valence-corrected chi connectivity index (χ0v) is 22.8. The predicted octanol–water partition coefficient (Wildman–Crippen LogP) is 4.33. The van der Waals surface area contributed by atoms with Crippen molar-refractivity contribution in [3.63, 3.8) is 0 Å². The van der Waals surface area contributed by atoms with Crippen molar-refractivity contribution >= 4 is 6.03 Å². The van der Waals surface area contributed by atoms with Gasteiger partial charge in [-0.1, -0.05) is 13.8 Å². The molecule has 1 aliphatic heterocycles. The van der Waals surface area contributed by atoms with E-state index in [2.05, 4.69) is 13.8 Å². The third kappa shape index (κ3) is 3.74. The number of fused-ring (bicyclic) bond motifs is 5. The first-order valence-electron chi connectivity index (χ1n) is 14.7. The second kappa shape index (κ2) is 8.84. The van der Waals surface area contributed by atoms with Gasteiger partial charge in [0.15, 0.2) is 0 Å². The Morgan fingerprint density at radius 2 is 1.89 bits per heavy atom. The van der Waals surface area contributed by atoms with Crippen LogP contribution < -0.4 is 11.4 Å². The van der Waals surface area contributed by atoms with Gasteiger partial charge in [-0.3, -0.25) is 0 Å². The van der Waals surface area contributed by atoms with Crippen LogP contribution in [-0.4, -0.2) is 58.8 Å². The molecule has 7 heteroatoms. The van der Waals surface area contributed by atoms with Crippen LogP contribution in [0.1, 0.15) is 89.5 Å². The molecule has 0 aromatic carbocycles. The van der Waals surface area contributed by atoms with E-state index in [1.165, 1.54) is 6.07 Å². The van der Waals surface area contributed by atoms with Crippen molar-refractivity contribution < 1.29 is 14.3 Å². The van der Waals surface area contributed by atoms with Crippen LogP contribution in [0.3, 0.4) is 0 Å². The Labute approximate surface area is 220 Å². The number of nitrogens with two attached hydrogens (primary N) is 1. The molecule has 5 fully saturated rings. The Morgan fingerprint density at radius 1 is 1.08 bits per heavy atom. The first-order chi connectivity index (χ1) is 17.6. The molecule has 2 heterocycles. The van der Waals surface area contributed by atoms with E-state index in [0.29, 0.717) is 30.3 Å². The molecule has 0 unspecified atom stereocenters. The van der Waals surface area contributed by atoms with Gasteiger partial charge in [0, 0.05) is 43.7 Å². The highest BCUT2D eigenvalue weighted by Crippen LogP contribution is 2.70. The van der Waals surface area contributed by atoms with E-state index in [-0.39, 0.29) is 34.4 Å². The molecule has 6 rings (SSSR count). The number of carbonyl (C=O) groups is 1. The lowest BCUT2D eigenvalue weighted by Gasteiger charge is -2.64. The molecule has 3 N–H and O–H groups in total. The average Bonchev–Trinajstić information content (AvgIpc) is 3.43. The summed E-state index contributed by atoms with van der Waals surface area (Å²) in [6.45, 7) is 6.24. The van der Waals surface area contributed by atoms with Gasteiger partial charge in [0.2, 0.25) is 0 Å². The topological polar surface area (TPSA) is 100 Å². The molecular formula is C30H45N3O4. The van der Waals surface area contributed by atoms with E-state index in [1.807, 2.05) is 22.9 Å². The van der Waals surface area contributed by atoms with E-state index in [4.69, 9.17) is 10.2 Å². The van der Waals surface area contributed by atoms with Crippen molar-refractivity contribution in [3.05, 3.63) is 34.4 Å². The molecule has 4 saturated carbocycles. The smallest absolute Gasteiger partial charge is 0.335 e. The molecule has 204 valence electrons. The largest absolute Gasteiger partial charge is 0.431 e. The standard InChI is InChI=1S/C30H45N3O4/c1-28-12-8-22(32(3)27(35)33-15-11-21(31)17-33)16-20(28)5-6-25-24(28)9-13-29(2)23(10-14-30(25,29)36)19-4-7-26(34)37-18-19/h4,7,18,20-25,36H,5-6,8-17,31H2,1-3H3/t20-,21+,22+,23-,24+,25-,28+,29-,30+/m1/s1. The SMILES string of the molecule is CN(C(=O)N1CC[C@H](N)C1)[C@H]1CC[C@@]2(C)[C@H](CC[C@@H]3[C@@H]2CC[C@]2(C)[C@@H](c4ccc(=O)oc4)CC[C@]32O)C1. The van der Waals surface area contributed by atoms with Crippen LogP contribution in [0.5, 0.6) is 0 Å². The molecule has 37 heavy (non-hydrogen) atoms. The van der Waals surface area contributed by atoms with Crippen molar-refractivity contribution in [1.29, 1.82) is 0 Å². The van der Waals surface area contributed by atoms with E-state index < -0.39 is 5.60 Å². The fraction of sp³-hybridized carbons (Fsp3) is 0.800. The third-order valence-electron chi connectivity index (χ3n) is 12.3. The summed E-state index contributed by atoms with van der Waals surface area (Å²) in [5, 5.41) is 12.5. The fourth-order valence-electron chi connectivity index (χ4n) is 10.00. The number of likely N-dealkylation sites (tertiary alicyclic amines) is 1. The van der Waals surface area contributed by atoms with Gasteiger partial charge >= 0.3 is 11.7 Å². The number of carbonyl (C=O) groups excluding carboxylic acids is 1. The highest BCUT2D eigenvalue weighted by molar-refractivity contribution is 5.75. The maximum absolute atomic E-state index is 13.2. The van der Waals surface area contributed by atoms with Crippen LogP contribution in [0, 0.1) is 28.6 Å². The molecule has 0 spiro atoms. The Hall–Kier alpha value is -1.86. The molecule has 1 aromatic rings. The van der Waals surface area contributed by atoms with Crippen molar-refractivity contribution in [2.45, 2.75) is 102 Å². The lowest BCUT2D eigenvalue weighted by atomic mass is 9.43. The fourth-order valence-corrected chi connectivity index (χ4v) is 10.00. The maximum Gasteiger partial charge on any atom is 0.335 e. The van der Waals surface area contributed by atoms with Crippen LogP contribution in [0.4, 0.5) is 4.79 Å². The number of hydrogen-bond acceptors (Lipinski definition) is 5. The van der Waals surface area contributed by atoms with Crippen molar-refractivity contribution in [1.82, 2.24) is 9.80 Å². The maximum atomic E-state index is 13.2. The summed E-state index contributed by atoms with van der Waals surface area (Å²) in [5.41, 5.74) is 6.15. The Balaban J connectivity index is 1.19. The molecular weight excluding hydrogens is 466 g/mol. The Kier molecular flexibility index (Phi) is 6.07. The number of aliphatic hydroxyl groups is 1. The van der Waals surface area contributed by atoms with E-state index >= 15 is 0 Å². The molecule has 1 aromatic heterocycles. The second-order valence-corrected chi connectivity index (χ2v) is 13.7. The Bertz CT molecular complexity index is 1090. The van der Waals surface area contributed by atoms with Crippen LogP contribution in [0.2, 0.25) is 0 Å². The van der Waals surface area contributed by atoms with E-state index in [0.717, 1.165) is 76.3 Å². The van der Waals surface area contributed by atoms with Crippen molar-refractivity contribution in [3.8, 4) is 0 Å². The van der Waals surface area contributed by atoms with E-state index in [9.17, 15) is 14.7 Å². The van der Waals surface area contributed by atoms with Gasteiger partial charge in [0.1, 0.15) is 0 Å². The van der Waals surface area contributed by atoms with Gasteiger partial charge in [-0.25, -0.2) is 9.59 Å². The molecule has 7 nitrogen and oxygen atoms in total. The summed E-state index contributed by atoms with van der Waals surface area (Å²) >= 11 is 0. The second-order valence-electron chi connectivity index (χ2n) is 13.7. The summed E-state index contributed by atoms with van der Waals surface area (Å²) in [6.07, 6.45) is 11.9. The zero-order chi connectivity index (χ0) is 26.2. The minimum Gasteiger partial charge on any atom is -0.431 e. The normalized spacial score (nSPS) is 45.2. The number of hydrogen-bond donors (Lipinski definition) is 2. The summed E-state index contributed by atoms with van der Waals surface area (Å²) in [4.78, 5) is 28.7. The highest BCUT2D eigenvalue weighted by atomic mass is 16.4. The minimum absolute atomic E-state index is 0.112. The van der Waals surface area contributed by atoms with Gasteiger partial charge in [0.05, 0.1) is 11.9 Å². The third-order valence-corrected chi connectivity index (χ3v) is 12.3. The monoisotopic (exact) mass is 511 g/mol. The van der Waals surface area contributed by atoms with E-state index in [1.54, 1.807) is 6.26 Å². The Morgan fingerprint density at radius 3 is 2.59 bits per heavy atom. The van der Waals surface area contributed by atoms with Crippen molar-refractivity contribution in [2.75, 3.05) is 20.1 Å². The molecule has 1 saturated heterocycles. The summed E-state index contributed by atoms with van der Waals surface area (Å²) in [5.74, 6) is 1.66.